The molecule has 0 amide bonds. The predicted molar refractivity (Wildman–Crippen MR) is 78.8 cm³/mol. The first-order valence-corrected chi connectivity index (χ1v) is 6.66. The maximum absolute atomic E-state index is 13.7. The third-order valence-corrected chi connectivity index (χ3v) is 3.27. The monoisotopic (exact) mass is 291 g/mol. The van der Waals surface area contributed by atoms with Crippen molar-refractivity contribution < 1.29 is 9.18 Å². The van der Waals surface area contributed by atoms with Gasteiger partial charge in [-0.25, -0.2) is 9.37 Å². The summed E-state index contributed by atoms with van der Waals surface area (Å²) in [5, 5.41) is 11.9. The van der Waals surface area contributed by atoms with E-state index < -0.39 is 5.82 Å². The van der Waals surface area contributed by atoms with Gasteiger partial charge in [0, 0.05) is 24.7 Å². The Hall–Kier alpha value is -3.18. The van der Waals surface area contributed by atoms with Gasteiger partial charge in [0.2, 0.25) is 0 Å². The lowest BCUT2D eigenvalue weighted by atomic mass is 10.0. The number of halogens is 1. The van der Waals surface area contributed by atoms with Gasteiger partial charge in [-0.15, -0.1) is 0 Å². The summed E-state index contributed by atoms with van der Waals surface area (Å²) in [6.45, 7) is 0.579. The van der Waals surface area contributed by atoms with E-state index in [1.54, 1.807) is 6.07 Å². The number of carbonyl (C=O) groups is 1. The molecular formula is C17H10FN3O. The van der Waals surface area contributed by atoms with Crippen molar-refractivity contribution in [3.8, 4) is 17.9 Å². The molecule has 106 valence electrons. The molecule has 1 aliphatic heterocycles. The molecule has 0 atom stereocenters. The summed E-state index contributed by atoms with van der Waals surface area (Å²) < 4.78 is 13.7. The van der Waals surface area contributed by atoms with Gasteiger partial charge >= 0.3 is 0 Å². The van der Waals surface area contributed by atoms with Crippen LogP contribution in [0, 0.1) is 29.0 Å². The van der Waals surface area contributed by atoms with Crippen molar-refractivity contribution in [2.75, 3.05) is 11.9 Å². The fourth-order valence-corrected chi connectivity index (χ4v) is 2.15. The molecule has 0 bridgehead atoms. The Balaban J connectivity index is 1.97. The van der Waals surface area contributed by atoms with Crippen LogP contribution in [0.5, 0.6) is 0 Å². The van der Waals surface area contributed by atoms with Crippen molar-refractivity contribution in [3.05, 3.63) is 58.5 Å². The lowest BCUT2D eigenvalue weighted by Crippen LogP contribution is -2.19. The summed E-state index contributed by atoms with van der Waals surface area (Å²) in [5.41, 5.74) is 1.51. The van der Waals surface area contributed by atoms with Crippen LogP contribution >= 0.6 is 0 Å². The highest BCUT2D eigenvalue weighted by Gasteiger charge is 2.17. The van der Waals surface area contributed by atoms with Crippen LogP contribution in [0.4, 0.5) is 10.2 Å². The minimum absolute atomic E-state index is 0.0163. The Morgan fingerprint density at radius 2 is 2.09 bits per heavy atom. The zero-order valence-electron chi connectivity index (χ0n) is 11.5. The van der Waals surface area contributed by atoms with E-state index in [2.05, 4.69) is 22.1 Å². The summed E-state index contributed by atoms with van der Waals surface area (Å²) in [4.78, 5) is 16.0. The van der Waals surface area contributed by atoms with Crippen LogP contribution < -0.4 is 5.32 Å². The van der Waals surface area contributed by atoms with E-state index in [9.17, 15) is 9.18 Å². The molecule has 0 unspecified atom stereocenters. The predicted octanol–water partition coefficient (Wildman–Crippen LogP) is 2.49. The van der Waals surface area contributed by atoms with Gasteiger partial charge < -0.3 is 5.32 Å². The molecule has 1 aromatic carbocycles. The summed E-state index contributed by atoms with van der Waals surface area (Å²) in [6.07, 6.45) is 1.95. The molecular weight excluding hydrogens is 281 g/mol. The summed E-state index contributed by atoms with van der Waals surface area (Å²) >= 11 is 0. The van der Waals surface area contributed by atoms with Crippen LogP contribution in [0.2, 0.25) is 0 Å². The number of hydrogen-bond acceptors (Lipinski definition) is 4. The van der Waals surface area contributed by atoms with E-state index in [4.69, 9.17) is 5.26 Å². The zero-order chi connectivity index (χ0) is 15.5. The molecule has 4 nitrogen and oxygen atoms in total. The second-order valence-electron chi connectivity index (χ2n) is 4.78. The van der Waals surface area contributed by atoms with Gasteiger partial charge in [0.25, 0.3) is 0 Å². The van der Waals surface area contributed by atoms with Crippen LogP contribution in [0.1, 0.15) is 33.5 Å². The van der Waals surface area contributed by atoms with Gasteiger partial charge in [0.1, 0.15) is 11.6 Å². The van der Waals surface area contributed by atoms with E-state index in [1.807, 2.05) is 6.07 Å². The first-order chi connectivity index (χ1) is 10.7. The number of pyridine rings is 1. The van der Waals surface area contributed by atoms with Crippen LogP contribution in [-0.2, 0) is 0 Å². The molecule has 1 N–H and O–H groups in total. The van der Waals surface area contributed by atoms with Crippen LogP contribution in [-0.4, -0.2) is 17.3 Å². The second-order valence-corrected chi connectivity index (χ2v) is 4.78. The molecule has 0 saturated heterocycles. The number of Topliss-reactive ketones (excluding diaryl/α,β-unsaturated/α-hetero) is 1. The third-order valence-electron chi connectivity index (χ3n) is 3.27. The van der Waals surface area contributed by atoms with E-state index in [0.29, 0.717) is 35.5 Å². The molecule has 3 rings (SSSR count). The summed E-state index contributed by atoms with van der Waals surface area (Å²) in [7, 11) is 0. The Morgan fingerprint density at radius 3 is 2.91 bits per heavy atom. The Morgan fingerprint density at radius 1 is 1.23 bits per heavy atom. The van der Waals surface area contributed by atoms with Gasteiger partial charge in [-0.1, -0.05) is 11.8 Å². The standard InChI is InChI=1S/C17H10FN3O/c18-15-4-2-11(9-19)7-13(15)3-1-12-8-14-16(22)5-6-20-17(14)21-10-12/h2,4,7-8,10H,5-6H2,(H,20,21). The number of benzene rings is 1. The van der Waals surface area contributed by atoms with E-state index >= 15 is 0 Å². The smallest absolute Gasteiger partial charge is 0.168 e. The molecule has 0 radical (unpaired) electrons. The molecule has 2 aromatic rings. The fourth-order valence-electron chi connectivity index (χ4n) is 2.15. The van der Waals surface area contributed by atoms with Gasteiger partial charge in [-0.2, -0.15) is 5.26 Å². The highest BCUT2D eigenvalue weighted by molar-refractivity contribution is 6.02. The Bertz CT molecular complexity index is 872. The lowest BCUT2D eigenvalue weighted by Gasteiger charge is -2.15. The molecule has 5 heteroatoms. The number of hydrogen-bond donors (Lipinski definition) is 1. The average molecular weight is 291 g/mol. The number of fused-ring (bicyclic) bond motifs is 1. The van der Waals surface area contributed by atoms with E-state index in [0.717, 1.165) is 0 Å². The molecule has 1 aromatic heterocycles. The SMILES string of the molecule is N#Cc1ccc(F)c(C#Cc2cnc3c(c2)C(=O)CCN3)c1. The molecule has 0 spiro atoms. The molecule has 1 aliphatic rings. The number of anilines is 1. The highest BCUT2D eigenvalue weighted by atomic mass is 19.1. The minimum Gasteiger partial charge on any atom is -0.369 e. The van der Waals surface area contributed by atoms with Crippen molar-refractivity contribution in [1.82, 2.24) is 4.98 Å². The summed E-state index contributed by atoms with van der Waals surface area (Å²) in [6, 6.07) is 7.58. The van der Waals surface area contributed by atoms with Gasteiger partial charge in [0.05, 0.1) is 22.8 Å². The first kappa shape index (κ1) is 13.8. The largest absolute Gasteiger partial charge is 0.369 e. The maximum atomic E-state index is 13.7. The van der Waals surface area contributed by atoms with Crippen molar-refractivity contribution in [2.24, 2.45) is 0 Å². The van der Waals surface area contributed by atoms with Crippen molar-refractivity contribution >= 4 is 11.6 Å². The molecule has 2 heterocycles. The van der Waals surface area contributed by atoms with Crippen LogP contribution in [0.15, 0.2) is 30.5 Å². The van der Waals surface area contributed by atoms with Crippen molar-refractivity contribution in [2.45, 2.75) is 6.42 Å². The third kappa shape index (κ3) is 2.65. The van der Waals surface area contributed by atoms with Crippen molar-refractivity contribution in [1.29, 1.82) is 5.26 Å². The normalized spacial score (nSPS) is 12.5. The number of aromatic nitrogens is 1. The van der Waals surface area contributed by atoms with E-state index in [1.165, 1.54) is 24.4 Å². The average Bonchev–Trinajstić information content (AvgIpc) is 2.55. The molecule has 22 heavy (non-hydrogen) atoms. The zero-order valence-corrected chi connectivity index (χ0v) is 11.5. The fraction of sp³-hybridized carbons (Fsp3) is 0.118. The number of rotatable bonds is 0. The number of nitrogens with one attached hydrogen (secondary N) is 1. The lowest BCUT2D eigenvalue weighted by molar-refractivity contribution is 0.0983. The second kappa shape index (κ2) is 5.67. The van der Waals surface area contributed by atoms with Crippen LogP contribution in [0.25, 0.3) is 0 Å². The number of carbonyl (C=O) groups excluding carboxylic acids is 1. The topological polar surface area (TPSA) is 65.8 Å². The quantitative estimate of drug-likeness (QED) is 0.757. The molecule has 0 saturated carbocycles. The summed E-state index contributed by atoms with van der Waals surface area (Å²) in [5.74, 6) is 5.54. The number of nitrogens with zero attached hydrogens (tertiary/aromatic N) is 2. The molecule has 0 fully saturated rings. The number of nitriles is 1. The number of ketones is 1. The van der Waals surface area contributed by atoms with Gasteiger partial charge in [-0.05, 0) is 24.3 Å². The Labute approximate surface area is 126 Å². The first-order valence-electron chi connectivity index (χ1n) is 6.66. The maximum Gasteiger partial charge on any atom is 0.168 e. The van der Waals surface area contributed by atoms with E-state index in [-0.39, 0.29) is 11.3 Å². The van der Waals surface area contributed by atoms with Gasteiger partial charge in [0.15, 0.2) is 5.78 Å². The van der Waals surface area contributed by atoms with Gasteiger partial charge in [-0.3, -0.25) is 4.79 Å². The van der Waals surface area contributed by atoms with Crippen LogP contribution in [0.3, 0.4) is 0 Å². The minimum atomic E-state index is -0.491. The highest BCUT2D eigenvalue weighted by Crippen LogP contribution is 2.20. The Kier molecular flexibility index (Phi) is 3.55. The molecule has 0 aliphatic carbocycles. The van der Waals surface area contributed by atoms with Crippen molar-refractivity contribution in [3.63, 3.8) is 0 Å².